The van der Waals surface area contributed by atoms with Crippen LogP contribution >= 0.6 is 0 Å². The zero-order valence-electron chi connectivity index (χ0n) is 30.3. The maximum absolute atomic E-state index is 13.1. The average molecular weight is 721 g/mol. The van der Waals surface area contributed by atoms with Gasteiger partial charge < -0.3 is 23.5 Å². The summed E-state index contributed by atoms with van der Waals surface area (Å²) in [5, 5.41) is 1.55. The Bertz CT molecular complexity index is 2240. The van der Waals surface area contributed by atoms with E-state index in [-0.39, 0.29) is 36.0 Å². The third-order valence-corrected chi connectivity index (χ3v) is 10.6. The molecule has 53 heavy (non-hydrogen) atoms. The average Bonchev–Trinajstić information content (AvgIpc) is 3.18. The number of aryl methyl sites for hydroxylation is 1. The number of hydrogen-bond acceptors (Lipinski definition) is 8. The summed E-state index contributed by atoms with van der Waals surface area (Å²) >= 11 is 0. The minimum absolute atomic E-state index is 0.00609. The predicted octanol–water partition coefficient (Wildman–Crippen LogP) is 4.79. The number of rotatable bonds is 13. The number of benzene rings is 1. The van der Waals surface area contributed by atoms with Crippen molar-refractivity contribution in [1.82, 2.24) is 28.6 Å². The molecule has 1 saturated heterocycles. The van der Waals surface area contributed by atoms with Crippen LogP contribution in [0.5, 0.6) is 5.75 Å². The maximum atomic E-state index is 13.1. The zero-order valence-corrected chi connectivity index (χ0v) is 30.3. The van der Waals surface area contributed by atoms with Crippen molar-refractivity contribution < 1.29 is 9.47 Å². The minimum Gasteiger partial charge on any atom is -0.490 e. The third kappa shape index (κ3) is 8.77. The van der Waals surface area contributed by atoms with Crippen molar-refractivity contribution in [2.45, 2.75) is 96.2 Å². The molecule has 1 aliphatic heterocycles. The smallest absolute Gasteiger partial charge is 0.328 e. The van der Waals surface area contributed by atoms with E-state index in [0.29, 0.717) is 24.0 Å². The Balaban J connectivity index is 0.855. The van der Waals surface area contributed by atoms with Crippen LogP contribution in [-0.2, 0) is 24.4 Å². The van der Waals surface area contributed by atoms with E-state index in [1.165, 1.54) is 16.8 Å². The number of aromatic amines is 1. The van der Waals surface area contributed by atoms with Crippen molar-refractivity contribution >= 4 is 10.8 Å². The second-order valence-electron chi connectivity index (χ2n) is 14.3. The van der Waals surface area contributed by atoms with Gasteiger partial charge in [-0.25, -0.2) is 4.79 Å². The van der Waals surface area contributed by atoms with Gasteiger partial charge in [-0.3, -0.25) is 28.9 Å². The van der Waals surface area contributed by atoms with E-state index in [2.05, 4.69) is 33.9 Å². The number of nitrogens with one attached hydrogen (secondary N) is 1. The molecule has 2 fully saturated rings. The van der Waals surface area contributed by atoms with Crippen LogP contribution in [0.4, 0.5) is 0 Å². The molecule has 0 amide bonds. The highest BCUT2D eigenvalue weighted by Crippen LogP contribution is 2.31. The van der Waals surface area contributed by atoms with E-state index in [1.54, 1.807) is 29.2 Å². The van der Waals surface area contributed by atoms with Gasteiger partial charge in [0.05, 0.1) is 30.2 Å². The first-order valence-electron chi connectivity index (χ1n) is 18.9. The largest absolute Gasteiger partial charge is 0.490 e. The highest BCUT2D eigenvalue weighted by molar-refractivity contribution is 5.95. The van der Waals surface area contributed by atoms with Crippen LogP contribution in [0.3, 0.4) is 0 Å². The van der Waals surface area contributed by atoms with Crippen LogP contribution in [0.15, 0.2) is 98.7 Å². The molecule has 2 aliphatic rings. The number of likely N-dealkylation sites (tertiary alicyclic amines) is 1. The SMILES string of the molecule is CCCCn1cc(-c2ccc(OC3CCC(OC4CCN(CCn5cccc(Cn6ccc(=O)[nH]c6=O)c5=O)CC4)CC3)cc2)c2ccncc2c1=O. The molecular formula is C41H48N6O6. The predicted molar refractivity (Wildman–Crippen MR) is 205 cm³/mol. The molecule has 5 heterocycles. The van der Waals surface area contributed by atoms with Gasteiger partial charge in [-0.2, -0.15) is 0 Å². The lowest BCUT2D eigenvalue weighted by Crippen LogP contribution is -2.41. The van der Waals surface area contributed by atoms with Crippen molar-refractivity contribution in [3.63, 3.8) is 0 Å². The van der Waals surface area contributed by atoms with Crippen molar-refractivity contribution in [2.24, 2.45) is 0 Å². The van der Waals surface area contributed by atoms with E-state index >= 15 is 0 Å². The molecule has 278 valence electrons. The van der Waals surface area contributed by atoms with Crippen LogP contribution in [0.1, 0.15) is 63.9 Å². The van der Waals surface area contributed by atoms with E-state index in [0.717, 1.165) is 93.3 Å². The molecule has 12 nitrogen and oxygen atoms in total. The molecular weight excluding hydrogens is 672 g/mol. The number of pyridine rings is 3. The maximum Gasteiger partial charge on any atom is 0.328 e. The monoisotopic (exact) mass is 720 g/mol. The first-order chi connectivity index (χ1) is 25.8. The van der Waals surface area contributed by atoms with Gasteiger partial charge in [-0.1, -0.05) is 31.5 Å². The minimum atomic E-state index is -0.533. The van der Waals surface area contributed by atoms with E-state index in [1.807, 2.05) is 35.0 Å². The Kier molecular flexibility index (Phi) is 11.5. The van der Waals surface area contributed by atoms with Crippen molar-refractivity contribution in [2.75, 3.05) is 19.6 Å². The standard InChI is InChI=1S/C41H48N6O6/c1-2-3-19-46-28-37(35-14-18-42-26-36(35)40(46)50)29-6-8-31(9-7-29)52-32-10-12-33(13-11-32)53-34-15-21-44(22-16-34)24-25-45-20-4-5-30(39(45)49)27-47-23-17-38(48)43-41(47)51/h4-9,14,17-18,20,23,26,28,32-34H,2-3,10-13,15-16,19,21-22,24-25,27H2,1H3,(H,43,48,51). The van der Waals surface area contributed by atoms with Gasteiger partial charge >= 0.3 is 5.69 Å². The van der Waals surface area contributed by atoms with Gasteiger partial charge in [-0.15, -0.1) is 0 Å². The molecule has 1 N–H and O–H groups in total. The second-order valence-corrected chi connectivity index (χ2v) is 14.3. The lowest BCUT2D eigenvalue weighted by Gasteiger charge is -2.36. The zero-order chi connectivity index (χ0) is 36.7. The fourth-order valence-electron chi connectivity index (χ4n) is 7.58. The number of piperidine rings is 1. The summed E-state index contributed by atoms with van der Waals surface area (Å²) in [6.45, 7) is 6.09. The quantitative estimate of drug-likeness (QED) is 0.184. The van der Waals surface area contributed by atoms with Gasteiger partial charge in [0.25, 0.3) is 16.7 Å². The van der Waals surface area contributed by atoms with E-state index in [9.17, 15) is 19.2 Å². The molecule has 1 saturated carbocycles. The third-order valence-electron chi connectivity index (χ3n) is 10.6. The van der Waals surface area contributed by atoms with E-state index < -0.39 is 11.2 Å². The number of fused-ring (bicyclic) bond motifs is 1. The summed E-state index contributed by atoms with van der Waals surface area (Å²) in [7, 11) is 0. The van der Waals surface area contributed by atoms with Gasteiger partial charge in [0.1, 0.15) is 5.75 Å². The van der Waals surface area contributed by atoms with Crippen LogP contribution < -0.4 is 27.1 Å². The Morgan fingerprint density at radius 1 is 0.755 bits per heavy atom. The Morgan fingerprint density at radius 3 is 2.26 bits per heavy atom. The fourth-order valence-corrected chi connectivity index (χ4v) is 7.58. The van der Waals surface area contributed by atoms with Crippen LogP contribution in [0, 0.1) is 0 Å². The molecule has 1 aliphatic carbocycles. The molecule has 0 bridgehead atoms. The molecule has 4 aromatic heterocycles. The summed E-state index contributed by atoms with van der Waals surface area (Å²) in [4.78, 5) is 58.4. The molecule has 1 aromatic carbocycles. The van der Waals surface area contributed by atoms with Crippen molar-refractivity contribution in [3.05, 3.63) is 127 Å². The summed E-state index contributed by atoms with van der Waals surface area (Å²) in [6, 6.07) is 15.0. The molecule has 0 unspecified atom stereocenters. The molecule has 0 spiro atoms. The molecule has 5 aromatic rings. The highest BCUT2D eigenvalue weighted by atomic mass is 16.5. The lowest BCUT2D eigenvalue weighted by atomic mass is 9.94. The van der Waals surface area contributed by atoms with Crippen LogP contribution in [0.2, 0.25) is 0 Å². The summed E-state index contributed by atoms with van der Waals surface area (Å²) in [5.74, 6) is 0.856. The lowest BCUT2D eigenvalue weighted by molar-refractivity contribution is -0.0665. The first-order valence-corrected chi connectivity index (χ1v) is 18.9. The summed E-state index contributed by atoms with van der Waals surface area (Å²) < 4.78 is 17.8. The van der Waals surface area contributed by atoms with Crippen LogP contribution in [-0.4, -0.2) is 66.5 Å². The van der Waals surface area contributed by atoms with Gasteiger partial charge in [0.2, 0.25) is 0 Å². The summed E-state index contributed by atoms with van der Waals surface area (Å²) in [5.41, 5.74) is 1.45. The number of hydrogen-bond donors (Lipinski definition) is 1. The molecule has 0 radical (unpaired) electrons. The molecule has 0 atom stereocenters. The van der Waals surface area contributed by atoms with Crippen molar-refractivity contribution in [1.29, 1.82) is 0 Å². The highest BCUT2D eigenvalue weighted by Gasteiger charge is 2.27. The number of ether oxygens (including phenoxy) is 2. The van der Waals surface area contributed by atoms with Gasteiger partial charge in [0.15, 0.2) is 0 Å². The van der Waals surface area contributed by atoms with Gasteiger partial charge in [0, 0.05) is 80.9 Å². The first kappa shape index (κ1) is 36.3. The number of aromatic nitrogens is 5. The molecule has 12 heteroatoms. The Hall–Kier alpha value is -5.07. The van der Waals surface area contributed by atoms with Crippen molar-refractivity contribution in [3.8, 4) is 16.9 Å². The Morgan fingerprint density at radius 2 is 1.51 bits per heavy atom. The second kappa shape index (κ2) is 16.7. The fraction of sp³-hybridized carbons (Fsp3) is 0.439. The topological polar surface area (TPSA) is 133 Å². The Labute approximate surface area is 307 Å². The van der Waals surface area contributed by atoms with Gasteiger partial charge in [-0.05, 0) is 80.2 Å². The number of unbranched alkanes of at least 4 members (excludes halogenated alkanes) is 1. The summed E-state index contributed by atoms with van der Waals surface area (Å²) in [6.07, 6.45) is 17.0. The van der Waals surface area contributed by atoms with Crippen LogP contribution in [0.25, 0.3) is 21.9 Å². The number of nitrogens with zero attached hydrogens (tertiary/aromatic N) is 5. The molecule has 7 rings (SSSR count). The normalized spacial score (nSPS) is 18.4. The van der Waals surface area contributed by atoms with E-state index in [4.69, 9.17) is 9.47 Å². The number of H-pyrrole nitrogens is 1.